The van der Waals surface area contributed by atoms with Crippen molar-refractivity contribution in [2.75, 3.05) is 11.9 Å². The van der Waals surface area contributed by atoms with Gasteiger partial charge in [0.15, 0.2) is 0 Å². The molecule has 0 radical (unpaired) electrons. The molecule has 19 heavy (non-hydrogen) atoms. The highest BCUT2D eigenvalue weighted by Crippen LogP contribution is 2.19. The molecule has 1 aromatic heterocycles. The number of carbonyl (C=O) groups is 1. The van der Waals surface area contributed by atoms with Crippen LogP contribution in [0.15, 0.2) is 36.5 Å². The minimum Gasteiger partial charge on any atom is -0.381 e. The molecule has 98 valence electrons. The molecule has 0 bridgehead atoms. The lowest BCUT2D eigenvalue weighted by Crippen LogP contribution is -2.26. The fourth-order valence-electron chi connectivity index (χ4n) is 2.48. The van der Waals surface area contributed by atoms with Gasteiger partial charge in [0.05, 0.1) is 17.4 Å². The van der Waals surface area contributed by atoms with Gasteiger partial charge in [-0.2, -0.15) is 0 Å². The van der Waals surface area contributed by atoms with E-state index < -0.39 is 0 Å². The summed E-state index contributed by atoms with van der Waals surface area (Å²) in [6, 6.07) is 10.3. The van der Waals surface area contributed by atoms with Crippen LogP contribution < -0.4 is 10.6 Å². The van der Waals surface area contributed by atoms with Gasteiger partial charge in [0.25, 0.3) is 0 Å². The normalized spacial score (nSPS) is 19.8. The van der Waals surface area contributed by atoms with Crippen molar-refractivity contribution < 1.29 is 4.79 Å². The first-order valence-corrected chi connectivity index (χ1v) is 6.69. The third-order valence-electron chi connectivity index (χ3n) is 3.44. The first kappa shape index (κ1) is 12.0. The number of aromatic nitrogens is 1. The highest BCUT2D eigenvalue weighted by molar-refractivity contribution is 5.82. The Bertz CT molecular complexity index is 597. The van der Waals surface area contributed by atoms with Crippen LogP contribution >= 0.6 is 0 Å². The van der Waals surface area contributed by atoms with Crippen molar-refractivity contribution in [3.63, 3.8) is 0 Å². The molecular formula is C15H17N3O. The predicted octanol–water partition coefficient (Wildman–Crippen LogP) is 2.32. The molecule has 1 atom stereocenters. The van der Waals surface area contributed by atoms with E-state index in [1.807, 2.05) is 30.5 Å². The SMILES string of the molecule is O=C1CC(Nc2cnc3ccccc3c2)CCCN1. The topological polar surface area (TPSA) is 54.0 Å². The molecule has 1 amide bonds. The van der Waals surface area contributed by atoms with E-state index in [2.05, 4.69) is 21.7 Å². The predicted molar refractivity (Wildman–Crippen MR) is 76.0 cm³/mol. The number of nitrogens with zero attached hydrogens (tertiary/aromatic N) is 1. The Balaban J connectivity index is 1.78. The summed E-state index contributed by atoms with van der Waals surface area (Å²) in [5.41, 5.74) is 1.98. The fraction of sp³-hybridized carbons (Fsp3) is 0.333. The lowest BCUT2D eigenvalue weighted by molar-refractivity contribution is -0.120. The number of rotatable bonds is 2. The molecule has 2 aromatic rings. The van der Waals surface area contributed by atoms with Gasteiger partial charge in [-0.15, -0.1) is 0 Å². The molecule has 1 saturated heterocycles. The van der Waals surface area contributed by atoms with Crippen LogP contribution in [-0.4, -0.2) is 23.5 Å². The molecule has 3 rings (SSSR count). The number of nitrogens with one attached hydrogen (secondary N) is 2. The van der Waals surface area contributed by atoms with E-state index in [4.69, 9.17) is 0 Å². The Hall–Kier alpha value is -2.10. The third kappa shape index (κ3) is 2.84. The second-order valence-corrected chi connectivity index (χ2v) is 4.95. The number of anilines is 1. The van der Waals surface area contributed by atoms with Gasteiger partial charge in [-0.25, -0.2) is 0 Å². The number of amides is 1. The average molecular weight is 255 g/mol. The van der Waals surface area contributed by atoms with Crippen molar-refractivity contribution in [2.45, 2.75) is 25.3 Å². The summed E-state index contributed by atoms with van der Waals surface area (Å²) < 4.78 is 0. The first-order valence-electron chi connectivity index (χ1n) is 6.69. The number of benzene rings is 1. The summed E-state index contributed by atoms with van der Waals surface area (Å²) in [5, 5.41) is 7.43. The highest BCUT2D eigenvalue weighted by atomic mass is 16.1. The smallest absolute Gasteiger partial charge is 0.222 e. The Kier molecular flexibility index (Phi) is 3.31. The molecule has 4 nitrogen and oxygen atoms in total. The maximum absolute atomic E-state index is 11.5. The van der Waals surface area contributed by atoms with Gasteiger partial charge in [0.1, 0.15) is 0 Å². The van der Waals surface area contributed by atoms with Crippen molar-refractivity contribution in [1.29, 1.82) is 0 Å². The summed E-state index contributed by atoms with van der Waals surface area (Å²) in [4.78, 5) is 16.0. The van der Waals surface area contributed by atoms with Crippen LogP contribution in [0.4, 0.5) is 5.69 Å². The molecule has 2 heterocycles. The molecule has 1 fully saturated rings. The minimum atomic E-state index is 0.128. The van der Waals surface area contributed by atoms with Crippen LogP contribution in [0.1, 0.15) is 19.3 Å². The lowest BCUT2D eigenvalue weighted by atomic mass is 10.1. The van der Waals surface area contributed by atoms with Gasteiger partial charge in [-0.05, 0) is 25.0 Å². The van der Waals surface area contributed by atoms with E-state index in [9.17, 15) is 4.79 Å². The van der Waals surface area contributed by atoms with Crippen LogP contribution in [0, 0.1) is 0 Å². The largest absolute Gasteiger partial charge is 0.381 e. The highest BCUT2D eigenvalue weighted by Gasteiger charge is 2.17. The summed E-state index contributed by atoms with van der Waals surface area (Å²) in [5.74, 6) is 0.128. The Labute approximate surface area is 112 Å². The second kappa shape index (κ2) is 5.26. The van der Waals surface area contributed by atoms with E-state index >= 15 is 0 Å². The minimum absolute atomic E-state index is 0.128. The number of hydrogen-bond donors (Lipinski definition) is 2. The van der Waals surface area contributed by atoms with Crippen LogP contribution in [0.5, 0.6) is 0 Å². The molecule has 1 aliphatic rings. The number of pyridine rings is 1. The fourth-order valence-corrected chi connectivity index (χ4v) is 2.48. The van der Waals surface area contributed by atoms with Crippen LogP contribution in [0.2, 0.25) is 0 Å². The molecule has 2 N–H and O–H groups in total. The average Bonchev–Trinajstić information content (AvgIpc) is 2.63. The zero-order chi connectivity index (χ0) is 13.1. The van der Waals surface area contributed by atoms with Gasteiger partial charge < -0.3 is 10.6 Å². The van der Waals surface area contributed by atoms with Crippen molar-refractivity contribution in [3.8, 4) is 0 Å². The molecule has 1 aromatic carbocycles. The van der Waals surface area contributed by atoms with E-state index in [-0.39, 0.29) is 11.9 Å². The van der Waals surface area contributed by atoms with E-state index in [1.54, 1.807) is 0 Å². The molecule has 0 spiro atoms. The third-order valence-corrected chi connectivity index (χ3v) is 3.44. The summed E-state index contributed by atoms with van der Waals surface area (Å²) in [6.07, 6.45) is 4.40. The van der Waals surface area contributed by atoms with Gasteiger partial charge in [-0.1, -0.05) is 18.2 Å². The van der Waals surface area contributed by atoms with Gasteiger partial charge in [-0.3, -0.25) is 9.78 Å². The molecule has 0 aliphatic carbocycles. The van der Waals surface area contributed by atoms with E-state index in [0.717, 1.165) is 36.0 Å². The standard InChI is InChI=1S/C15H17N3O/c19-15-9-12(5-3-7-16-15)18-13-8-11-4-1-2-6-14(11)17-10-13/h1-2,4,6,8,10,12,18H,3,5,7,9H2,(H,16,19). The van der Waals surface area contributed by atoms with Crippen LogP contribution in [0.3, 0.4) is 0 Å². The zero-order valence-corrected chi connectivity index (χ0v) is 10.7. The number of fused-ring (bicyclic) bond motifs is 1. The second-order valence-electron chi connectivity index (χ2n) is 4.95. The monoisotopic (exact) mass is 255 g/mol. The zero-order valence-electron chi connectivity index (χ0n) is 10.7. The summed E-state index contributed by atoms with van der Waals surface area (Å²) in [6.45, 7) is 0.785. The molecule has 4 heteroatoms. The Morgan fingerprint density at radius 3 is 3.16 bits per heavy atom. The van der Waals surface area contributed by atoms with E-state index in [1.165, 1.54) is 0 Å². The molecule has 1 aliphatic heterocycles. The maximum Gasteiger partial charge on any atom is 0.222 e. The van der Waals surface area contributed by atoms with Crippen molar-refractivity contribution >= 4 is 22.5 Å². The molecule has 0 saturated carbocycles. The number of carbonyl (C=O) groups excluding carboxylic acids is 1. The Morgan fingerprint density at radius 1 is 1.32 bits per heavy atom. The summed E-state index contributed by atoms with van der Waals surface area (Å²) >= 11 is 0. The molecular weight excluding hydrogens is 238 g/mol. The number of para-hydroxylation sites is 1. The first-order chi connectivity index (χ1) is 9.31. The number of hydrogen-bond acceptors (Lipinski definition) is 3. The quantitative estimate of drug-likeness (QED) is 0.866. The van der Waals surface area contributed by atoms with Gasteiger partial charge in [0, 0.05) is 24.4 Å². The lowest BCUT2D eigenvalue weighted by Gasteiger charge is -2.16. The van der Waals surface area contributed by atoms with Gasteiger partial charge >= 0.3 is 0 Å². The van der Waals surface area contributed by atoms with Crippen molar-refractivity contribution in [2.24, 2.45) is 0 Å². The van der Waals surface area contributed by atoms with Crippen molar-refractivity contribution in [3.05, 3.63) is 36.5 Å². The van der Waals surface area contributed by atoms with Crippen molar-refractivity contribution in [1.82, 2.24) is 10.3 Å². The Morgan fingerprint density at radius 2 is 2.21 bits per heavy atom. The van der Waals surface area contributed by atoms with Crippen LogP contribution in [-0.2, 0) is 4.79 Å². The van der Waals surface area contributed by atoms with Crippen LogP contribution in [0.25, 0.3) is 10.9 Å². The summed E-state index contributed by atoms with van der Waals surface area (Å²) in [7, 11) is 0. The maximum atomic E-state index is 11.5. The van der Waals surface area contributed by atoms with E-state index in [0.29, 0.717) is 6.42 Å². The van der Waals surface area contributed by atoms with Gasteiger partial charge in [0.2, 0.25) is 5.91 Å². The molecule has 1 unspecified atom stereocenters.